The number of nitrogens with zero attached hydrogens (tertiary/aromatic N) is 3. The third-order valence-corrected chi connectivity index (χ3v) is 6.76. The molecule has 3 heterocycles. The Balaban J connectivity index is 1.55. The highest BCUT2D eigenvalue weighted by Crippen LogP contribution is 2.23. The number of hydrogen-bond acceptors (Lipinski definition) is 5. The highest BCUT2D eigenvalue weighted by atomic mass is 32.2. The normalized spacial score (nSPS) is 23.8. The van der Waals surface area contributed by atoms with Crippen molar-refractivity contribution >= 4 is 15.8 Å². The summed E-state index contributed by atoms with van der Waals surface area (Å²) in [6, 6.07) is 2.02. The van der Waals surface area contributed by atoms with Crippen molar-refractivity contribution in [3.05, 3.63) is 17.5 Å². The van der Waals surface area contributed by atoms with Crippen molar-refractivity contribution in [2.45, 2.75) is 45.2 Å². The van der Waals surface area contributed by atoms with Gasteiger partial charge in [0.25, 0.3) is 0 Å². The molecule has 0 amide bonds. The van der Waals surface area contributed by atoms with Gasteiger partial charge in [-0.3, -0.25) is 14.4 Å². The molecule has 0 aromatic carbocycles. The van der Waals surface area contributed by atoms with Crippen LogP contribution in [0.5, 0.6) is 0 Å². The zero-order valence-corrected chi connectivity index (χ0v) is 14.7. The number of aliphatic carboxylic acids is 1. The molecule has 1 fully saturated rings. The number of fused-ring (bicyclic) bond motifs is 1. The van der Waals surface area contributed by atoms with E-state index in [0.717, 1.165) is 56.8 Å². The fraction of sp³-hybridized carbons (Fsp3) is 0.750. The first-order valence-corrected chi connectivity index (χ1v) is 10.4. The highest BCUT2D eigenvalue weighted by Gasteiger charge is 2.28. The first-order chi connectivity index (χ1) is 11.4. The number of aryl methyl sites for hydroxylation is 2. The lowest BCUT2D eigenvalue weighted by molar-refractivity contribution is -0.136. The van der Waals surface area contributed by atoms with Crippen LogP contribution in [-0.2, 0) is 34.1 Å². The topological polar surface area (TPSA) is 92.5 Å². The smallest absolute Gasteiger partial charge is 0.303 e. The molecule has 0 radical (unpaired) electrons. The van der Waals surface area contributed by atoms with E-state index in [1.807, 2.05) is 10.7 Å². The number of carboxylic acids is 1. The molecular formula is C16H25N3O4S. The lowest BCUT2D eigenvalue weighted by Gasteiger charge is -2.21. The summed E-state index contributed by atoms with van der Waals surface area (Å²) in [6.07, 6.45) is 3.31. The summed E-state index contributed by atoms with van der Waals surface area (Å²) < 4.78 is 25.1. The largest absolute Gasteiger partial charge is 0.481 e. The van der Waals surface area contributed by atoms with Crippen molar-refractivity contribution in [2.75, 3.05) is 24.6 Å². The molecule has 1 N–H and O–H groups in total. The van der Waals surface area contributed by atoms with Crippen molar-refractivity contribution < 1.29 is 18.3 Å². The summed E-state index contributed by atoms with van der Waals surface area (Å²) in [6.45, 7) is 3.57. The number of sulfone groups is 1. The Bertz CT molecular complexity index is 698. The van der Waals surface area contributed by atoms with Crippen molar-refractivity contribution in [2.24, 2.45) is 5.92 Å². The second-order valence-corrected chi connectivity index (χ2v) is 9.16. The zero-order chi connectivity index (χ0) is 17.2. The predicted octanol–water partition coefficient (Wildman–Crippen LogP) is 0.931. The van der Waals surface area contributed by atoms with E-state index in [9.17, 15) is 13.2 Å². The van der Waals surface area contributed by atoms with E-state index in [-0.39, 0.29) is 6.42 Å². The molecule has 0 saturated carbocycles. The Morgan fingerprint density at radius 2 is 2.21 bits per heavy atom. The standard InChI is InChI=1S/C16H25N3O4S/c20-16(21)3-2-14-10-15-11-18(6-1-7-19(15)17-14)8-4-13-5-9-24(22,23)12-13/h10,13H,1-9,11-12H2,(H,20,21)/t13-/m1/s1. The minimum atomic E-state index is -2.79. The SMILES string of the molecule is O=C(O)CCc1cc2n(n1)CCCN(CC[C@@H]1CCS(=O)(=O)C1)C2. The molecule has 0 unspecified atom stereocenters. The van der Waals surface area contributed by atoms with Gasteiger partial charge >= 0.3 is 5.97 Å². The quantitative estimate of drug-likeness (QED) is 0.816. The van der Waals surface area contributed by atoms with E-state index in [1.54, 1.807) is 0 Å². The maximum absolute atomic E-state index is 11.6. The second-order valence-electron chi connectivity index (χ2n) is 6.93. The van der Waals surface area contributed by atoms with Crippen molar-refractivity contribution in [3.8, 4) is 0 Å². The molecule has 24 heavy (non-hydrogen) atoms. The summed E-state index contributed by atoms with van der Waals surface area (Å²) in [4.78, 5) is 13.1. The maximum atomic E-state index is 11.6. The third kappa shape index (κ3) is 4.57. The van der Waals surface area contributed by atoms with Crippen LogP contribution in [0.4, 0.5) is 0 Å². The molecule has 7 nitrogen and oxygen atoms in total. The van der Waals surface area contributed by atoms with Crippen LogP contribution in [-0.4, -0.2) is 58.8 Å². The monoisotopic (exact) mass is 355 g/mol. The summed E-state index contributed by atoms with van der Waals surface area (Å²) in [5, 5.41) is 13.3. The minimum absolute atomic E-state index is 0.107. The molecule has 2 aliphatic heterocycles. The van der Waals surface area contributed by atoms with Gasteiger partial charge in [0.15, 0.2) is 9.84 Å². The Morgan fingerprint density at radius 1 is 1.38 bits per heavy atom. The van der Waals surface area contributed by atoms with E-state index < -0.39 is 15.8 Å². The Morgan fingerprint density at radius 3 is 2.92 bits per heavy atom. The van der Waals surface area contributed by atoms with E-state index in [0.29, 0.717) is 23.8 Å². The maximum Gasteiger partial charge on any atom is 0.303 e. The van der Waals surface area contributed by atoms with E-state index in [2.05, 4.69) is 10.00 Å². The van der Waals surface area contributed by atoms with E-state index in [4.69, 9.17) is 5.11 Å². The van der Waals surface area contributed by atoms with Crippen LogP contribution in [0.25, 0.3) is 0 Å². The molecule has 1 aromatic heterocycles. The highest BCUT2D eigenvalue weighted by molar-refractivity contribution is 7.91. The van der Waals surface area contributed by atoms with Gasteiger partial charge in [0.2, 0.25) is 0 Å². The van der Waals surface area contributed by atoms with Crippen LogP contribution in [0.2, 0.25) is 0 Å². The van der Waals surface area contributed by atoms with Gasteiger partial charge in [0.05, 0.1) is 29.3 Å². The Hall–Kier alpha value is -1.41. The van der Waals surface area contributed by atoms with Crippen molar-refractivity contribution in [1.82, 2.24) is 14.7 Å². The lowest BCUT2D eigenvalue weighted by Crippen LogP contribution is -2.26. The molecule has 0 aliphatic carbocycles. The average molecular weight is 355 g/mol. The summed E-state index contributed by atoms with van der Waals surface area (Å²) in [5.41, 5.74) is 1.98. The van der Waals surface area contributed by atoms with Gasteiger partial charge in [0.1, 0.15) is 0 Å². The second kappa shape index (κ2) is 7.23. The van der Waals surface area contributed by atoms with Gasteiger partial charge in [-0.25, -0.2) is 8.42 Å². The van der Waals surface area contributed by atoms with Gasteiger partial charge < -0.3 is 5.11 Å². The van der Waals surface area contributed by atoms with E-state index in [1.165, 1.54) is 0 Å². The number of hydrogen-bond donors (Lipinski definition) is 1. The molecule has 3 rings (SSSR count). The molecule has 2 aliphatic rings. The molecule has 0 spiro atoms. The van der Waals surface area contributed by atoms with Crippen molar-refractivity contribution in [3.63, 3.8) is 0 Å². The average Bonchev–Trinajstić information content (AvgIpc) is 3.00. The Kier molecular flexibility index (Phi) is 5.24. The van der Waals surface area contributed by atoms with Crippen LogP contribution in [0, 0.1) is 5.92 Å². The fourth-order valence-electron chi connectivity index (χ4n) is 3.60. The predicted molar refractivity (Wildman–Crippen MR) is 89.5 cm³/mol. The number of carboxylic acid groups (broad SMARTS) is 1. The lowest BCUT2D eigenvalue weighted by atomic mass is 10.1. The van der Waals surface area contributed by atoms with Gasteiger partial charge in [-0.2, -0.15) is 5.10 Å². The van der Waals surface area contributed by atoms with Gasteiger partial charge in [0, 0.05) is 26.1 Å². The fourth-order valence-corrected chi connectivity index (χ4v) is 5.51. The minimum Gasteiger partial charge on any atom is -0.481 e. The number of carbonyl (C=O) groups is 1. The van der Waals surface area contributed by atoms with Crippen LogP contribution in [0.1, 0.15) is 37.1 Å². The molecule has 8 heteroatoms. The molecule has 1 aromatic rings. The number of aromatic nitrogens is 2. The van der Waals surface area contributed by atoms with Gasteiger partial charge in [-0.15, -0.1) is 0 Å². The first kappa shape index (κ1) is 17.4. The van der Waals surface area contributed by atoms with Gasteiger partial charge in [-0.05, 0) is 37.8 Å². The summed E-state index contributed by atoms with van der Waals surface area (Å²) in [7, 11) is -2.79. The number of rotatable bonds is 6. The van der Waals surface area contributed by atoms with E-state index >= 15 is 0 Å². The molecule has 1 atom stereocenters. The molecular weight excluding hydrogens is 330 g/mol. The van der Waals surface area contributed by atoms with Crippen LogP contribution >= 0.6 is 0 Å². The zero-order valence-electron chi connectivity index (χ0n) is 13.9. The van der Waals surface area contributed by atoms with Crippen LogP contribution in [0.15, 0.2) is 6.07 Å². The summed E-state index contributed by atoms with van der Waals surface area (Å²) in [5.74, 6) is 0.191. The van der Waals surface area contributed by atoms with Crippen LogP contribution < -0.4 is 0 Å². The molecule has 134 valence electrons. The van der Waals surface area contributed by atoms with Crippen molar-refractivity contribution in [1.29, 1.82) is 0 Å². The van der Waals surface area contributed by atoms with Gasteiger partial charge in [-0.1, -0.05) is 0 Å². The molecule has 1 saturated heterocycles. The molecule has 0 bridgehead atoms. The third-order valence-electron chi connectivity index (χ3n) is 4.92. The van der Waals surface area contributed by atoms with Crippen LogP contribution in [0.3, 0.4) is 0 Å². The first-order valence-electron chi connectivity index (χ1n) is 8.61. The summed E-state index contributed by atoms with van der Waals surface area (Å²) >= 11 is 0. The Labute approximate surface area is 142 Å².